The largest absolute Gasteiger partial charge is 0.352 e. The van der Waals surface area contributed by atoms with Crippen LogP contribution in [0.3, 0.4) is 0 Å². The number of nitrogens with one attached hydrogen (secondary N) is 2. The van der Waals surface area contributed by atoms with Crippen molar-refractivity contribution in [2.45, 2.75) is 25.8 Å². The Morgan fingerprint density at radius 3 is 2.46 bits per heavy atom. The molecule has 7 heteroatoms. The lowest BCUT2D eigenvalue weighted by Gasteiger charge is -2.14. The SMILES string of the molecule is CC(NC(=O)CCCNC(=O)c1ccc(F)cc1F)c1cccc(F)c1. The maximum atomic E-state index is 13.5. The average Bonchev–Trinajstić information content (AvgIpc) is 2.58. The van der Waals surface area contributed by atoms with Gasteiger partial charge in [0.1, 0.15) is 17.5 Å². The summed E-state index contributed by atoms with van der Waals surface area (Å²) in [6, 6.07) is 8.31. The minimum atomic E-state index is -0.941. The highest BCUT2D eigenvalue weighted by atomic mass is 19.1. The molecule has 0 saturated carbocycles. The zero-order chi connectivity index (χ0) is 19.1. The maximum absolute atomic E-state index is 13.5. The van der Waals surface area contributed by atoms with E-state index >= 15 is 0 Å². The van der Waals surface area contributed by atoms with Gasteiger partial charge in [-0.3, -0.25) is 9.59 Å². The van der Waals surface area contributed by atoms with Crippen LogP contribution in [-0.2, 0) is 4.79 Å². The highest BCUT2D eigenvalue weighted by Gasteiger charge is 2.13. The summed E-state index contributed by atoms with van der Waals surface area (Å²) < 4.78 is 39.5. The van der Waals surface area contributed by atoms with E-state index in [9.17, 15) is 22.8 Å². The standard InChI is InChI=1S/C19H19F3N2O2/c1-12(13-4-2-5-14(20)10-13)24-18(25)6-3-9-23-19(26)16-8-7-15(21)11-17(16)22/h2,4-5,7-8,10-12H,3,6,9H2,1H3,(H,23,26)(H,24,25). The Labute approximate surface area is 149 Å². The smallest absolute Gasteiger partial charge is 0.254 e. The fraction of sp³-hybridized carbons (Fsp3) is 0.263. The summed E-state index contributed by atoms with van der Waals surface area (Å²) in [4.78, 5) is 23.7. The van der Waals surface area contributed by atoms with Gasteiger partial charge in [-0.2, -0.15) is 0 Å². The Kier molecular flexibility index (Phi) is 6.77. The number of hydrogen-bond donors (Lipinski definition) is 2. The molecule has 0 spiro atoms. The maximum Gasteiger partial charge on any atom is 0.254 e. The Morgan fingerprint density at radius 1 is 1.04 bits per heavy atom. The topological polar surface area (TPSA) is 58.2 Å². The summed E-state index contributed by atoms with van der Waals surface area (Å²) in [7, 11) is 0. The molecule has 138 valence electrons. The predicted molar refractivity (Wildman–Crippen MR) is 90.9 cm³/mol. The molecular weight excluding hydrogens is 345 g/mol. The first-order chi connectivity index (χ1) is 12.4. The second-order valence-electron chi connectivity index (χ2n) is 5.83. The number of halogens is 3. The average molecular weight is 364 g/mol. The van der Waals surface area contributed by atoms with Gasteiger partial charge in [0, 0.05) is 19.0 Å². The molecule has 0 fully saturated rings. The summed E-state index contributed by atoms with van der Waals surface area (Å²) in [5.41, 5.74) is 0.397. The number of carbonyl (C=O) groups is 2. The number of benzene rings is 2. The third-order valence-electron chi connectivity index (χ3n) is 3.77. The van der Waals surface area contributed by atoms with Gasteiger partial charge >= 0.3 is 0 Å². The third kappa shape index (κ3) is 5.61. The van der Waals surface area contributed by atoms with E-state index in [0.29, 0.717) is 18.1 Å². The van der Waals surface area contributed by atoms with Crippen molar-refractivity contribution in [3.63, 3.8) is 0 Å². The quantitative estimate of drug-likeness (QED) is 0.739. The Morgan fingerprint density at radius 2 is 1.77 bits per heavy atom. The fourth-order valence-electron chi connectivity index (χ4n) is 2.39. The molecule has 0 heterocycles. The zero-order valence-electron chi connectivity index (χ0n) is 14.2. The summed E-state index contributed by atoms with van der Waals surface area (Å²) in [6.45, 7) is 1.91. The van der Waals surface area contributed by atoms with Crippen LogP contribution in [0, 0.1) is 17.5 Å². The van der Waals surface area contributed by atoms with E-state index in [0.717, 1.165) is 12.1 Å². The van der Waals surface area contributed by atoms with Gasteiger partial charge in [-0.05, 0) is 43.2 Å². The first-order valence-corrected chi connectivity index (χ1v) is 8.15. The minimum absolute atomic E-state index is 0.145. The number of carbonyl (C=O) groups excluding carboxylic acids is 2. The van der Waals surface area contributed by atoms with Crippen LogP contribution in [0.4, 0.5) is 13.2 Å². The van der Waals surface area contributed by atoms with Gasteiger partial charge in [-0.25, -0.2) is 13.2 Å². The second kappa shape index (κ2) is 9.03. The summed E-state index contributed by atoms with van der Waals surface area (Å²) in [6.07, 6.45) is 0.488. The Balaban J connectivity index is 1.73. The van der Waals surface area contributed by atoms with Crippen LogP contribution in [0.2, 0.25) is 0 Å². The summed E-state index contributed by atoms with van der Waals surface area (Å²) in [5, 5.41) is 5.21. The highest BCUT2D eigenvalue weighted by Crippen LogP contribution is 2.13. The van der Waals surface area contributed by atoms with E-state index in [1.54, 1.807) is 19.1 Å². The Hall–Kier alpha value is -2.83. The van der Waals surface area contributed by atoms with Gasteiger partial charge in [0.15, 0.2) is 0 Å². The Bertz CT molecular complexity index is 796. The third-order valence-corrected chi connectivity index (χ3v) is 3.77. The van der Waals surface area contributed by atoms with Gasteiger partial charge in [-0.15, -0.1) is 0 Å². The molecule has 0 aliphatic rings. The number of amides is 2. The molecule has 0 saturated heterocycles. The molecule has 2 aromatic carbocycles. The van der Waals surface area contributed by atoms with Crippen molar-refractivity contribution in [3.05, 3.63) is 71.0 Å². The van der Waals surface area contributed by atoms with Gasteiger partial charge in [-0.1, -0.05) is 12.1 Å². The lowest BCUT2D eigenvalue weighted by atomic mass is 10.1. The van der Waals surface area contributed by atoms with Crippen LogP contribution < -0.4 is 10.6 Å². The molecule has 1 unspecified atom stereocenters. The molecule has 2 aromatic rings. The minimum Gasteiger partial charge on any atom is -0.352 e. The van der Waals surface area contributed by atoms with Crippen molar-refractivity contribution in [1.29, 1.82) is 0 Å². The monoisotopic (exact) mass is 364 g/mol. The normalized spacial score (nSPS) is 11.7. The fourth-order valence-corrected chi connectivity index (χ4v) is 2.39. The lowest BCUT2D eigenvalue weighted by molar-refractivity contribution is -0.121. The van der Waals surface area contributed by atoms with E-state index in [-0.39, 0.29) is 36.3 Å². The molecule has 4 nitrogen and oxygen atoms in total. The van der Waals surface area contributed by atoms with Crippen molar-refractivity contribution in [2.24, 2.45) is 0 Å². The molecule has 1 atom stereocenters. The van der Waals surface area contributed by atoms with Gasteiger partial charge in [0.2, 0.25) is 5.91 Å². The van der Waals surface area contributed by atoms with E-state index in [1.807, 2.05) is 0 Å². The van der Waals surface area contributed by atoms with Crippen molar-refractivity contribution in [1.82, 2.24) is 10.6 Å². The van der Waals surface area contributed by atoms with E-state index in [1.165, 1.54) is 12.1 Å². The first kappa shape index (κ1) is 19.5. The van der Waals surface area contributed by atoms with Crippen LogP contribution in [-0.4, -0.2) is 18.4 Å². The van der Waals surface area contributed by atoms with Gasteiger partial charge < -0.3 is 10.6 Å². The molecule has 0 aliphatic heterocycles. The van der Waals surface area contributed by atoms with Crippen LogP contribution in [0.5, 0.6) is 0 Å². The molecule has 0 aromatic heterocycles. The predicted octanol–water partition coefficient (Wildman–Crippen LogP) is 3.49. The van der Waals surface area contributed by atoms with Gasteiger partial charge in [0.05, 0.1) is 11.6 Å². The molecule has 2 N–H and O–H groups in total. The van der Waals surface area contributed by atoms with Crippen molar-refractivity contribution in [2.75, 3.05) is 6.54 Å². The van der Waals surface area contributed by atoms with E-state index in [4.69, 9.17) is 0 Å². The molecule has 0 bridgehead atoms. The lowest BCUT2D eigenvalue weighted by Crippen LogP contribution is -2.29. The number of hydrogen-bond acceptors (Lipinski definition) is 2. The van der Waals surface area contributed by atoms with E-state index < -0.39 is 17.5 Å². The first-order valence-electron chi connectivity index (χ1n) is 8.15. The van der Waals surface area contributed by atoms with E-state index in [2.05, 4.69) is 10.6 Å². The summed E-state index contributed by atoms with van der Waals surface area (Å²) >= 11 is 0. The number of rotatable bonds is 7. The molecule has 2 rings (SSSR count). The zero-order valence-corrected chi connectivity index (χ0v) is 14.2. The second-order valence-corrected chi connectivity index (χ2v) is 5.83. The summed E-state index contributed by atoms with van der Waals surface area (Å²) in [5.74, 6) is -2.99. The molecule has 2 amide bonds. The molecule has 26 heavy (non-hydrogen) atoms. The van der Waals surface area contributed by atoms with Crippen molar-refractivity contribution in [3.8, 4) is 0 Å². The van der Waals surface area contributed by atoms with Crippen LogP contribution >= 0.6 is 0 Å². The molecular formula is C19H19F3N2O2. The highest BCUT2D eigenvalue weighted by molar-refractivity contribution is 5.94. The van der Waals surface area contributed by atoms with Crippen molar-refractivity contribution >= 4 is 11.8 Å². The van der Waals surface area contributed by atoms with Crippen LogP contribution in [0.15, 0.2) is 42.5 Å². The van der Waals surface area contributed by atoms with Gasteiger partial charge in [0.25, 0.3) is 5.91 Å². The molecule has 0 radical (unpaired) electrons. The van der Waals surface area contributed by atoms with Crippen LogP contribution in [0.25, 0.3) is 0 Å². The molecule has 0 aliphatic carbocycles. The van der Waals surface area contributed by atoms with Crippen LogP contribution in [0.1, 0.15) is 41.7 Å². The van der Waals surface area contributed by atoms with Crippen molar-refractivity contribution < 1.29 is 22.8 Å².